The number of carbonyl (C=O) groups excluding carboxylic acids is 2. The van der Waals surface area contributed by atoms with Crippen molar-refractivity contribution in [3.63, 3.8) is 0 Å². The van der Waals surface area contributed by atoms with Crippen molar-refractivity contribution < 1.29 is 14.3 Å². The molecule has 0 aliphatic carbocycles. The number of hydrogen-bond acceptors (Lipinski definition) is 5. The Hall–Kier alpha value is -2.77. The zero-order valence-electron chi connectivity index (χ0n) is 21.0. The first-order valence-corrected chi connectivity index (χ1v) is 13.1. The molecule has 35 heavy (non-hydrogen) atoms. The number of likely N-dealkylation sites (N-methyl/N-ethyl adjacent to an activating group) is 1. The molecule has 2 heterocycles. The number of anilines is 1. The van der Waals surface area contributed by atoms with Gasteiger partial charge < -0.3 is 19.9 Å². The van der Waals surface area contributed by atoms with E-state index in [4.69, 9.17) is 4.74 Å². The van der Waals surface area contributed by atoms with Crippen molar-refractivity contribution in [2.75, 3.05) is 45.2 Å². The molecule has 2 aromatic carbocycles. The number of thioether (sulfide) groups is 1. The summed E-state index contributed by atoms with van der Waals surface area (Å²) in [4.78, 5) is 31.5. The van der Waals surface area contributed by atoms with Gasteiger partial charge in [-0.3, -0.25) is 9.59 Å². The molecule has 6 nitrogen and oxygen atoms in total. The van der Waals surface area contributed by atoms with Crippen LogP contribution in [0, 0.1) is 11.8 Å². The number of hydrogen-bond donors (Lipinski definition) is 1. The first kappa shape index (κ1) is 25.3. The number of benzene rings is 2. The molecule has 1 N–H and O–H groups in total. The lowest BCUT2D eigenvalue weighted by molar-refractivity contribution is -0.114. The summed E-state index contributed by atoms with van der Waals surface area (Å²) >= 11 is 1.42. The van der Waals surface area contributed by atoms with Crippen LogP contribution >= 0.6 is 11.8 Å². The third kappa shape index (κ3) is 6.08. The number of methoxy groups -OCH3 is 1. The number of amides is 2. The number of carbonyl (C=O) groups is 2. The van der Waals surface area contributed by atoms with Gasteiger partial charge >= 0.3 is 0 Å². The molecule has 0 saturated carbocycles. The Balaban J connectivity index is 1.38. The van der Waals surface area contributed by atoms with E-state index in [0.717, 1.165) is 59.8 Å². The van der Waals surface area contributed by atoms with Gasteiger partial charge in [0.05, 0.1) is 17.7 Å². The lowest BCUT2D eigenvalue weighted by Gasteiger charge is -2.34. The molecule has 0 radical (unpaired) electrons. The second-order valence-corrected chi connectivity index (χ2v) is 10.8. The van der Waals surface area contributed by atoms with Gasteiger partial charge in [0.15, 0.2) is 0 Å². The number of piperidine rings is 1. The van der Waals surface area contributed by atoms with Crippen LogP contribution in [0.2, 0.25) is 0 Å². The summed E-state index contributed by atoms with van der Waals surface area (Å²) in [5, 5.41) is 3.05. The van der Waals surface area contributed by atoms with Crippen molar-refractivity contribution >= 4 is 35.3 Å². The molecule has 1 saturated heterocycles. The quantitative estimate of drug-likeness (QED) is 0.439. The van der Waals surface area contributed by atoms with Gasteiger partial charge in [-0.05, 0) is 61.6 Å². The highest BCUT2D eigenvalue weighted by Crippen LogP contribution is 2.42. The van der Waals surface area contributed by atoms with Crippen molar-refractivity contribution in [3.05, 3.63) is 58.5 Å². The maximum absolute atomic E-state index is 13.1. The van der Waals surface area contributed by atoms with Crippen LogP contribution in [-0.4, -0.2) is 57.1 Å². The average Bonchev–Trinajstić information content (AvgIpc) is 2.84. The zero-order valence-corrected chi connectivity index (χ0v) is 21.9. The Morgan fingerprint density at radius 1 is 1.17 bits per heavy atom. The Morgan fingerprint density at radius 2 is 1.91 bits per heavy atom. The summed E-state index contributed by atoms with van der Waals surface area (Å²) in [6.07, 6.45) is 4.09. The summed E-state index contributed by atoms with van der Waals surface area (Å²) < 4.78 is 5.42. The van der Waals surface area contributed by atoms with Crippen molar-refractivity contribution in [3.8, 4) is 5.75 Å². The van der Waals surface area contributed by atoms with E-state index >= 15 is 0 Å². The molecule has 2 atom stereocenters. The molecule has 0 spiro atoms. The highest BCUT2D eigenvalue weighted by Gasteiger charge is 2.28. The molecule has 2 aliphatic heterocycles. The van der Waals surface area contributed by atoms with Gasteiger partial charge in [0.1, 0.15) is 5.75 Å². The second kappa shape index (κ2) is 11.3. The van der Waals surface area contributed by atoms with Gasteiger partial charge in [-0.1, -0.05) is 43.8 Å². The van der Waals surface area contributed by atoms with Gasteiger partial charge in [0.2, 0.25) is 0 Å². The number of rotatable bonds is 7. The van der Waals surface area contributed by atoms with Crippen LogP contribution in [0.4, 0.5) is 5.69 Å². The molecule has 7 heteroatoms. The Kier molecular flexibility index (Phi) is 8.19. The Bertz CT molecular complexity index is 1110. The van der Waals surface area contributed by atoms with Crippen LogP contribution in [0.5, 0.6) is 5.75 Å². The molecular weight excluding hydrogens is 458 g/mol. The summed E-state index contributed by atoms with van der Waals surface area (Å²) in [5.41, 5.74) is 2.18. The van der Waals surface area contributed by atoms with Gasteiger partial charge in [0, 0.05) is 42.7 Å². The number of nitrogens with zero attached hydrogens (tertiary/aromatic N) is 2. The van der Waals surface area contributed by atoms with Gasteiger partial charge in [0.25, 0.3) is 11.8 Å². The third-order valence-electron chi connectivity index (χ3n) is 6.62. The SMILES string of the molecule is COc1ccccc1/C=C1/Sc2ccc(C(=O)NCCCN3C[C@H](C)C[C@H](C)C3)cc2N(C)C1=O. The fourth-order valence-corrected chi connectivity index (χ4v) is 6.13. The fourth-order valence-electron chi connectivity index (χ4n) is 5.04. The normalized spacial score (nSPS) is 21.7. The molecule has 2 aliphatic rings. The van der Waals surface area contributed by atoms with E-state index in [2.05, 4.69) is 24.1 Å². The summed E-state index contributed by atoms with van der Waals surface area (Å²) in [7, 11) is 3.37. The minimum absolute atomic E-state index is 0.101. The first-order valence-electron chi connectivity index (χ1n) is 12.3. The van der Waals surface area contributed by atoms with Crippen molar-refractivity contribution in [2.45, 2.75) is 31.6 Å². The van der Waals surface area contributed by atoms with Crippen molar-refractivity contribution in [1.82, 2.24) is 10.2 Å². The van der Waals surface area contributed by atoms with Gasteiger partial charge in [-0.2, -0.15) is 0 Å². The van der Waals surface area contributed by atoms with E-state index in [1.165, 1.54) is 18.2 Å². The predicted molar refractivity (Wildman–Crippen MR) is 143 cm³/mol. The molecule has 2 amide bonds. The number of fused-ring (bicyclic) bond motifs is 1. The molecule has 186 valence electrons. The fraction of sp³-hybridized carbons (Fsp3) is 0.429. The first-order chi connectivity index (χ1) is 16.9. The highest BCUT2D eigenvalue weighted by atomic mass is 32.2. The predicted octanol–water partition coefficient (Wildman–Crippen LogP) is 4.90. The third-order valence-corrected chi connectivity index (χ3v) is 7.70. The smallest absolute Gasteiger partial charge is 0.264 e. The minimum Gasteiger partial charge on any atom is -0.496 e. The largest absolute Gasteiger partial charge is 0.496 e. The van der Waals surface area contributed by atoms with Gasteiger partial charge in [-0.25, -0.2) is 0 Å². The molecule has 4 rings (SSSR count). The number of ether oxygens (including phenoxy) is 1. The van der Waals surface area contributed by atoms with Gasteiger partial charge in [-0.15, -0.1) is 0 Å². The molecular formula is C28H35N3O3S. The van der Waals surface area contributed by atoms with Crippen LogP contribution in [0.15, 0.2) is 52.3 Å². The Labute approximate surface area is 212 Å². The summed E-state index contributed by atoms with van der Waals surface area (Å²) in [6.45, 7) is 8.58. The van der Waals surface area contributed by atoms with E-state index in [1.54, 1.807) is 19.1 Å². The second-order valence-electron chi connectivity index (χ2n) is 9.71. The maximum Gasteiger partial charge on any atom is 0.264 e. The summed E-state index contributed by atoms with van der Waals surface area (Å²) in [5.74, 6) is 2.00. The summed E-state index contributed by atoms with van der Waals surface area (Å²) in [6, 6.07) is 13.2. The monoisotopic (exact) mass is 493 g/mol. The lowest BCUT2D eigenvalue weighted by Crippen LogP contribution is -2.40. The topological polar surface area (TPSA) is 61.9 Å². The number of para-hydroxylation sites is 1. The molecule has 1 fully saturated rings. The number of likely N-dealkylation sites (tertiary alicyclic amines) is 1. The van der Waals surface area contributed by atoms with Crippen LogP contribution in [0.1, 0.15) is 42.6 Å². The molecule has 2 aromatic rings. The van der Waals surface area contributed by atoms with Crippen LogP contribution < -0.4 is 15.0 Å². The lowest BCUT2D eigenvalue weighted by atomic mass is 9.92. The van der Waals surface area contributed by atoms with E-state index in [0.29, 0.717) is 17.0 Å². The molecule has 0 bridgehead atoms. The maximum atomic E-state index is 13.1. The van der Waals surface area contributed by atoms with E-state index in [-0.39, 0.29) is 11.8 Å². The highest BCUT2D eigenvalue weighted by molar-refractivity contribution is 8.04. The zero-order chi connectivity index (χ0) is 24.9. The molecule has 0 aromatic heterocycles. The van der Waals surface area contributed by atoms with Crippen LogP contribution in [0.3, 0.4) is 0 Å². The van der Waals surface area contributed by atoms with Crippen LogP contribution in [-0.2, 0) is 4.79 Å². The van der Waals surface area contributed by atoms with Crippen LogP contribution in [0.25, 0.3) is 6.08 Å². The van der Waals surface area contributed by atoms with Crippen molar-refractivity contribution in [1.29, 1.82) is 0 Å². The molecule has 0 unspecified atom stereocenters. The van der Waals surface area contributed by atoms with E-state index in [9.17, 15) is 9.59 Å². The van der Waals surface area contributed by atoms with E-state index < -0.39 is 0 Å². The van der Waals surface area contributed by atoms with E-state index in [1.807, 2.05) is 48.5 Å². The standard InChI is InChI=1S/C28H35N3O3S/c1-19-14-20(2)18-31(17-19)13-7-12-29-27(32)22-10-11-25-23(15-22)30(3)28(33)26(35-25)16-21-8-5-6-9-24(21)34-4/h5-6,8-11,15-16,19-20H,7,12-14,17-18H2,1-4H3,(H,29,32)/b26-16+/t19-,20+. The van der Waals surface area contributed by atoms with Crippen molar-refractivity contribution in [2.24, 2.45) is 11.8 Å². The minimum atomic E-state index is -0.102. The average molecular weight is 494 g/mol. The number of nitrogens with one attached hydrogen (secondary N) is 1. The Morgan fingerprint density at radius 3 is 2.66 bits per heavy atom.